The van der Waals surface area contributed by atoms with Crippen LogP contribution in [-0.2, 0) is 0 Å². The highest BCUT2D eigenvalue weighted by atomic mass is 35.5. The van der Waals surface area contributed by atoms with Crippen LogP contribution in [0.15, 0.2) is 54.6 Å². The second-order valence-corrected chi connectivity index (χ2v) is 4.93. The first kappa shape index (κ1) is 13.3. The maximum atomic E-state index is 9.53. The monoisotopic (exact) mass is 295 g/mol. The number of phenols is 1. The Kier molecular flexibility index (Phi) is 3.39. The lowest BCUT2D eigenvalue weighted by Gasteiger charge is -2.09. The van der Waals surface area contributed by atoms with Gasteiger partial charge in [-0.25, -0.2) is 0 Å². The molecule has 0 amide bonds. The van der Waals surface area contributed by atoms with Crippen LogP contribution in [0.3, 0.4) is 0 Å². The van der Waals surface area contributed by atoms with Gasteiger partial charge in [-0.1, -0.05) is 29.8 Å². The smallest absolute Gasteiger partial charge is 0.146 e. The Morgan fingerprint density at radius 1 is 1.00 bits per heavy atom. The Bertz CT molecular complexity index is 868. The highest BCUT2D eigenvalue weighted by molar-refractivity contribution is 6.31. The minimum absolute atomic E-state index is 0.195. The third-order valence-corrected chi connectivity index (χ3v) is 3.43. The molecular weight excluding hydrogens is 286 g/mol. The molecule has 0 aliphatic rings. The number of aromatic hydroxyl groups is 1. The van der Waals surface area contributed by atoms with E-state index >= 15 is 0 Å². The summed E-state index contributed by atoms with van der Waals surface area (Å²) < 4.78 is 5.74. The van der Waals surface area contributed by atoms with E-state index in [0.29, 0.717) is 22.1 Å². The molecule has 0 unspecified atom stereocenters. The molecule has 102 valence electrons. The van der Waals surface area contributed by atoms with Crippen molar-refractivity contribution in [3.8, 4) is 23.3 Å². The molecule has 0 heterocycles. The van der Waals surface area contributed by atoms with Crippen molar-refractivity contribution < 1.29 is 9.84 Å². The van der Waals surface area contributed by atoms with Crippen LogP contribution in [0.1, 0.15) is 5.56 Å². The van der Waals surface area contributed by atoms with Crippen molar-refractivity contribution in [1.82, 2.24) is 0 Å². The largest absolute Gasteiger partial charge is 0.508 e. The number of benzene rings is 3. The third kappa shape index (κ3) is 2.62. The van der Waals surface area contributed by atoms with Crippen molar-refractivity contribution in [1.29, 1.82) is 5.26 Å². The number of hydrogen-bond acceptors (Lipinski definition) is 3. The molecule has 0 spiro atoms. The zero-order valence-electron chi connectivity index (χ0n) is 10.9. The summed E-state index contributed by atoms with van der Waals surface area (Å²) in [7, 11) is 0. The molecule has 0 atom stereocenters. The lowest BCUT2D eigenvalue weighted by atomic mass is 10.1. The van der Waals surface area contributed by atoms with Crippen LogP contribution in [0.2, 0.25) is 5.02 Å². The molecule has 1 N–H and O–H groups in total. The lowest BCUT2D eigenvalue weighted by molar-refractivity contribution is 0.476. The molecule has 4 heteroatoms. The molecule has 3 aromatic rings. The molecule has 0 fully saturated rings. The molecular formula is C17H10ClNO2. The molecule has 0 aliphatic carbocycles. The number of fused-ring (bicyclic) bond motifs is 1. The number of phenolic OH excluding ortho intramolecular Hbond substituents is 1. The van der Waals surface area contributed by atoms with Gasteiger partial charge in [0, 0.05) is 0 Å². The van der Waals surface area contributed by atoms with Crippen LogP contribution in [-0.4, -0.2) is 5.11 Å². The molecule has 0 saturated heterocycles. The van der Waals surface area contributed by atoms with Crippen LogP contribution < -0.4 is 4.74 Å². The van der Waals surface area contributed by atoms with Gasteiger partial charge in [0.05, 0.1) is 5.02 Å². The Hall–Kier alpha value is -2.70. The van der Waals surface area contributed by atoms with E-state index in [2.05, 4.69) is 0 Å². The summed E-state index contributed by atoms with van der Waals surface area (Å²) >= 11 is 5.98. The van der Waals surface area contributed by atoms with Gasteiger partial charge in [0.25, 0.3) is 0 Å². The zero-order chi connectivity index (χ0) is 14.8. The van der Waals surface area contributed by atoms with Crippen LogP contribution in [0.4, 0.5) is 0 Å². The van der Waals surface area contributed by atoms with E-state index in [9.17, 15) is 5.11 Å². The molecule has 0 saturated carbocycles. The van der Waals surface area contributed by atoms with Gasteiger partial charge in [0.2, 0.25) is 0 Å². The van der Waals surface area contributed by atoms with Gasteiger partial charge in [-0.3, -0.25) is 0 Å². The van der Waals surface area contributed by atoms with Gasteiger partial charge in [-0.15, -0.1) is 0 Å². The normalized spacial score (nSPS) is 10.3. The molecule has 0 aliphatic heterocycles. The second kappa shape index (κ2) is 5.35. The number of rotatable bonds is 2. The molecule has 21 heavy (non-hydrogen) atoms. The van der Waals surface area contributed by atoms with Crippen LogP contribution in [0.25, 0.3) is 10.8 Å². The van der Waals surface area contributed by atoms with E-state index in [1.54, 1.807) is 42.5 Å². The van der Waals surface area contributed by atoms with Crippen molar-refractivity contribution in [3.05, 3.63) is 65.2 Å². The van der Waals surface area contributed by atoms with Crippen molar-refractivity contribution in [3.63, 3.8) is 0 Å². The lowest BCUT2D eigenvalue weighted by Crippen LogP contribution is -1.89. The van der Waals surface area contributed by atoms with Crippen LogP contribution in [0.5, 0.6) is 17.2 Å². The van der Waals surface area contributed by atoms with E-state index in [1.165, 1.54) is 0 Å². The Balaban J connectivity index is 2.03. The van der Waals surface area contributed by atoms with E-state index in [1.807, 2.05) is 18.2 Å². The van der Waals surface area contributed by atoms with Crippen molar-refractivity contribution in [2.45, 2.75) is 0 Å². The van der Waals surface area contributed by atoms with E-state index in [0.717, 1.165) is 10.8 Å². The number of ether oxygens (including phenoxy) is 1. The molecule has 3 nitrogen and oxygen atoms in total. The average Bonchev–Trinajstić information content (AvgIpc) is 2.47. The summed E-state index contributed by atoms with van der Waals surface area (Å²) in [6.45, 7) is 0. The van der Waals surface area contributed by atoms with Crippen LogP contribution >= 0.6 is 11.6 Å². The Morgan fingerprint density at radius 3 is 2.62 bits per heavy atom. The molecule has 3 aromatic carbocycles. The van der Waals surface area contributed by atoms with E-state index in [-0.39, 0.29) is 5.75 Å². The summed E-state index contributed by atoms with van der Waals surface area (Å²) in [6, 6.07) is 17.7. The van der Waals surface area contributed by atoms with E-state index in [4.69, 9.17) is 21.6 Å². The summed E-state index contributed by atoms with van der Waals surface area (Å²) in [4.78, 5) is 0. The number of nitriles is 1. The molecule has 0 bridgehead atoms. The topological polar surface area (TPSA) is 53.2 Å². The summed E-state index contributed by atoms with van der Waals surface area (Å²) in [5.74, 6) is 1.18. The van der Waals surface area contributed by atoms with Crippen molar-refractivity contribution in [2.75, 3.05) is 0 Å². The van der Waals surface area contributed by atoms with Gasteiger partial charge in [-0.05, 0) is 47.2 Å². The summed E-state index contributed by atoms with van der Waals surface area (Å²) in [5, 5.41) is 20.9. The minimum Gasteiger partial charge on any atom is -0.508 e. The van der Waals surface area contributed by atoms with Gasteiger partial charge in [-0.2, -0.15) is 5.26 Å². The van der Waals surface area contributed by atoms with Gasteiger partial charge >= 0.3 is 0 Å². The molecule has 0 aromatic heterocycles. The van der Waals surface area contributed by atoms with Crippen molar-refractivity contribution in [2.24, 2.45) is 0 Å². The van der Waals surface area contributed by atoms with E-state index < -0.39 is 0 Å². The second-order valence-electron chi connectivity index (χ2n) is 4.52. The first-order valence-electron chi connectivity index (χ1n) is 6.26. The SMILES string of the molecule is N#Cc1c(Cl)cccc1Oc1ccc2ccc(O)cc2c1. The van der Waals surface area contributed by atoms with Gasteiger partial charge in [0.15, 0.2) is 0 Å². The van der Waals surface area contributed by atoms with Gasteiger partial charge in [0.1, 0.15) is 28.9 Å². The van der Waals surface area contributed by atoms with Crippen molar-refractivity contribution >= 4 is 22.4 Å². The molecule has 0 radical (unpaired) electrons. The fraction of sp³-hybridized carbons (Fsp3) is 0. The minimum atomic E-state index is 0.195. The van der Waals surface area contributed by atoms with Crippen LogP contribution in [0, 0.1) is 11.3 Å². The highest BCUT2D eigenvalue weighted by Gasteiger charge is 2.09. The number of nitrogens with zero attached hydrogens (tertiary/aromatic N) is 1. The first-order valence-corrected chi connectivity index (χ1v) is 6.64. The quantitative estimate of drug-likeness (QED) is 0.734. The summed E-state index contributed by atoms with van der Waals surface area (Å²) in [6.07, 6.45) is 0. The number of hydrogen-bond donors (Lipinski definition) is 1. The fourth-order valence-electron chi connectivity index (χ4n) is 2.10. The predicted octanol–water partition coefficient (Wildman–Crippen LogP) is 4.86. The maximum Gasteiger partial charge on any atom is 0.146 e. The average molecular weight is 296 g/mol. The predicted molar refractivity (Wildman–Crippen MR) is 81.9 cm³/mol. The fourth-order valence-corrected chi connectivity index (χ4v) is 2.31. The van der Waals surface area contributed by atoms with Gasteiger partial charge < -0.3 is 9.84 Å². The maximum absolute atomic E-state index is 9.53. The standard InChI is InChI=1S/C17H10ClNO2/c18-16-2-1-3-17(15(16)10-19)21-14-7-5-11-4-6-13(20)8-12(11)9-14/h1-9,20H. The zero-order valence-corrected chi connectivity index (χ0v) is 11.6. The Labute approximate surface area is 126 Å². The molecule has 3 rings (SSSR count). The highest BCUT2D eigenvalue weighted by Crippen LogP contribution is 2.31. The Morgan fingerprint density at radius 2 is 1.81 bits per heavy atom. The first-order chi connectivity index (χ1) is 10.2. The number of halogens is 1. The third-order valence-electron chi connectivity index (χ3n) is 3.11. The summed E-state index contributed by atoms with van der Waals surface area (Å²) in [5.41, 5.74) is 0.301.